The molecule has 84 valence electrons. The first-order valence-electron chi connectivity index (χ1n) is 4.17. The van der Waals surface area contributed by atoms with Crippen molar-refractivity contribution in [1.82, 2.24) is 0 Å². The summed E-state index contributed by atoms with van der Waals surface area (Å²) in [5.74, 6) is -0.589. The number of carbonyl (C=O) groups excluding carboxylic acids is 1. The summed E-state index contributed by atoms with van der Waals surface area (Å²) in [6.45, 7) is 3.97. The van der Waals surface area contributed by atoms with Gasteiger partial charge >= 0.3 is 5.97 Å². The summed E-state index contributed by atoms with van der Waals surface area (Å²) in [5, 5.41) is 9.21. The van der Waals surface area contributed by atoms with Crippen LogP contribution in [0.25, 0.3) is 0 Å². The van der Waals surface area contributed by atoms with Crippen LogP contribution in [0.1, 0.15) is 6.42 Å². The zero-order valence-corrected chi connectivity index (χ0v) is 9.62. The summed E-state index contributed by atoms with van der Waals surface area (Å²) < 4.78 is 5.31. The Labute approximate surface area is 91.2 Å². The van der Waals surface area contributed by atoms with Gasteiger partial charge in [-0.05, 0) is 0 Å². The molecule has 0 heterocycles. The van der Waals surface area contributed by atoms with E-state index in [9.17, 15) is 9.90 Å². The van der Waals surface area contributed by atoms with E-state index in [-0.39, 0.29) is 12.4 Å². The van der Waals surface area contributed by atoms with Crippen LogP contribution in [0.15, 0.2) is 12.7 Å². The average Bonchev–Trinajstić information content (AvgIpc) is 1.99. The van der Waals surface area contributed by atoms with E-state index in [4.69, 9.17) is 0 Å². The van der Waals surface area contributed by atoms with Crippen molar-refractivity contribution in [2.75, 3.05) is 27.7 Å². The van der Waals surface area contributed by atoms with Crippen molar-refractivity contribution >= 4 is 5.97 Å². The maximum Gasteiger partial charge on any atom is 0.332 e. The molecular formula is C9H18ClNO3. The lowest BCUT2D eigenvalue weighted by Gasteiger charge is -2.24. The highest BCUT2D eigenvalue weighted by Gasteiger charge is 2.13. The molecule has 0 spiro atoms. The first kappa shape index (κ1) is 15.9. The number of rotatable bonds is 5. The number of hydrogen-bond acceptors (Lipinski definition) is 3. The second-order valence-corrected chi connectivity index (χ2v) is 3.90. The van der Waals surface area contributed by atoms with Gasteiger partial charge in [-0.25, -0.2) is 4.79 Å². The Bertz CT molecular complexity index is 189. The molecule has 1 N–H and O–H groups in total. The molecule has 0 amide bonds. The highest BCUT2D eigenvalue weighted by molar-refractivity contribution is 5.81. The van der Waals surface area contributed by atoms with Gasteiger partial charge in [0, 0.05) is 6.08 Å². The Morgan fingerprint density at radius 1 is 1.57 bits per heavy atom. The van der Waals surface area contributed by atoms with Gasteiger partial charge in [0.2, 0.25) is 6.29 Å². The van der Waals surface area contributed by atoms with Crippen LogP contribution in [0, 0.1) is 0 Å². The molecule has 0 aromatic rings. The molecule has 0 aliphatic rings. The molecule has 0 fully saturated rings. The van der Waals surface area contributed by atoms with E-state index in [0.29, 0.717) is 6.42 Å². The smallest absolute Gasteiger partial charge is 0.332 e. The molecule has 0 aromatic carbocycles. The van der Waals surface area contributed by atoms with Crippen LogP contribution < -0.4 is 12.4 Å². The molecule has 14 heavy (non-hydrogen) atoms. The van der Waals surface area contributed by atoms with Crippen LogP contribution >= 0.6 is 0 Å². The Kier molecular flexibility index (Phi) is 7.72. The lowest BCUT2D eigenvalue weighted by Crippen LogP contribution is -3.00. The fourth-order valence-electron chi connectivity index (χ4n) is 0.739. The summed E-state index contributed by atoms with van der Waals surface area (Å²) in [6.07, 6.45) is 0.445. The van der Waals surface area contributed by atoms with Crippen LogP contribution in [-0.4, -0.2) is 49.5 Å². The third-order valence-corrected chi connectivity index (χ3v) is 1.47. The maximum absolute atomic E-state index is 10.6. The van der Waals surface area contributed by atoms with Crippen LogP contribution in [-0.2, 0) is 9.53 Å². The summed E-state index contributed by atoms with van der Waals surface area (Å²) >= 11 is 0. The van der Waals surface area contributed by atoms with Crippen molar-refractivity contribution in [3.8, 4) is 0 Å². The number of aliphatic hydroxyl groups excluding tert-OH is 1. The van der Waals surface area contributed by atoms with Crippen molar-refractivity contribution in [3.05, 3.63) is 12.7 Å². The van der Waals surface area contributed by atoms with Crippen molar-refractivity contribution in [2.45, 2.75) is 12.7 Å². The van der Waals surface area contributed by atoms with Crippen LogP contribution in [0.2, 0.25) is 0 Å². The van der Waals surface area contributed by atoms with Gasteiger partial charge in [-0.3, -0.25) is 0 Å². The fraction of sp³-hybridized carbons (Fsp3) is 0.667. The van der Waals surface area contributed by atoms with Gasteiger partial charge in [0.1, 0.15) is 0 Å². The second-order valence-electron chi connectivity index (χ2n) is 3.90. The van der Waals surface area contributed by atoms with Gasteiger partial charge < -0.3 is 26.7 Å². The third-order valence-electron chi connectivity index (χ3n) is 1.47. The molecule has 0 aromatic heterocycles. The van der Waals surface area contributed by atoms with Crippen molar-refractivity contribution in [1.29, 1.82) is 0 Å². The monoisotopic (exact) mass is 223 g/mol. The Balaban J connectivity index is 0. The van der Waals surface area contributed by atoms with Crippen molar-refractivity contribution < 1.29 is 31.5 Å². The normalized spacial score (nSPS) is 12.6. The van der Waals surface area contributed by atoms with Gasteiger partial charge in [0.25, 0.3) is 0 Å². The quantitative estimate of drug-likeness (QED) is 0.236. The molecule has 4 nitrogen and oxygen atoms in total. The third kappa shape index (κ3) is 9.51. The number of carbonyl (C=O) groups is 1. The van der Waals surface area contributed by atoms with Crippen molar-refractivity contribution in [2.24, 2.45) is 0 Å². The van der Waals surface area contributed by atoms with Gasteiger partial charge in [0.05, 0.1) is 34.1 Å². The van der Waals surface area contributed by atoms with Crippen LogP contribution in [0.5, 0.6) is 0 Å². The largest absolute Gasteiger partial charge is 1.00 e. The topological polar surface area (TPSA) is 46.5 Å². The maximum atomic E-state index is 10.6. The Morgan fingerprint density at radius 2 is 2.07 bits per heavy atom. The zero-order valence-electron chi connectivity index (χ0n) is 8.86. The number of aliphatic hydroxyl groups is 1. The number of halogens is 1. The molecule has 0 aliphatic heterocycles. The van der Waals surface area contributed by atoms with Gasteiger partial charge in [0.15, 0.2) is 0 Å². The molecule has 0 aliphatic carbocycles. The predicted molar refractivity (Wildman–Crippen MR) is 49.8 cm³/mol. The molecule has 0 saturated carbocycles. The predicted octanol–water partition coefficient (Wildman–Crippen LogP) is -2.87. The highest BCUT2D eigenvalue weighted by atomic mass is 35.5. The molecule has 0 radical (unpaired) electrons. The summed E-state index contributed by atoms with van der Waals surface area (Å²) in [4.78, 5) is 10.6. The zero-order chi connectivity index (χ0) is 10.5. The van der Waals surface area contributed by atoms with E-state index in [1.54, 1.807) is 0 Å². The lowest BCUT2D eigenvalue weighted by atomic mass is 10.3. The average molecular weight is 224 g/mol. The van der Waals surface area contributed by atoms with E-state index in [1.165, 1.54) is 0 Å². The van der Waals surface area contributed by atoms with Gasteiger partial charge in [-0.1, -0.05) is 6.58 Å². The Hall–Kier alpha value is -0.580. The molecule has 0 bridgehead atoms. The van der Waals surface area contributed by atoms with E-state index in [2.05, 4.69) is 11.3 Å². The van der Waals surface area contributed by atoms with Crippen LogP contribution in [0.4, 0.5) is 0 Å². The van der Waals surface area contributed by atoms with Crippen LogP contribution in [0.3, 0.4) is 0 Å². The Morgan fingerprint density at radius 3 is 2.43 bits per heavy atom. The SMILES string of the molecule is C=CC(=O)OC(O)CC[N+](C)(C)C.[Cl-]. The molecule has 0 rings (SSSR count). The van der Waals surface area contributed by atoms with E-state index in [1.807, 2.05) is 21.1 Å². The lowest BCUT2D eigenvalue weighted by molar-refractivity contribution is -0.871. The minimum Gasteiger partial charge on any atom is -1.00 e. The highest BCUT2D eigenvalue weighted by Crippen LogP contribution is 2.00. The van der Waals surface area contributed by atoms with E-state index >= 15 is 0 Å². The summed E-state index contributed by atoms with van der Waals surface area (Å²) in [5.41, 5.74) is 0. The van der Waals surface area contributed by atoms with Crippen molar-refractivity contribution in [3.63, 3.8) is 0 Å². The number of hydrogen-bond donors (Lipinski definition) is 1. The molecular weight excluding hydrogens is 206 g/mol. The number of quaternary nitrogens is 1. The number of nitrogens with zero attached hydrogens (tertiary/aromatic N) is 1. The second kappa shape index (κ2) is 6.81. The first-order chi connectivity index (χ1) is 5.85. The molecule has 1 atom stereocenters. The number of ether oxygens (including phenoxy) is 1. The molecule has 0 saturated heterocycles. The number of esters is 1. The standard InChI is InChI=1S/C9H18NO3.ClH/c1-5-8(11)13-9(12)6-7-10(2,3)4;/h5,9,12H,1,6-7H2,2-4H3;1H/q+1;/p-1. The summed E-state index contributed by atoms with van der Waals surface area (Å²) in [6, 6.07) is 0. The van der Waals surface area contributed by atoms with E-state index < -0.39 is 12.3 Å². The molecule has 1 unspecified atom stereocenters. The minimum absolute atomic E-state index is 0. The van der Waals surface area contributed by atoms with E-state index in [0.717, 1.165) is 17.1 Å². The fourth-order valence-corrected chi connectivity index (χ4v) is 0.739. The van der Waals surface area contributed by atoms with Gasteiger partial charge in [-0.15, -0.1) is 0 Å². The molecule has 5 heteroatoms. The minimum atomic E-state index is -1.03. The summed E-state index contributed by atoms with van der Waals surface area (Å²) in [7, 11) is 6.01. The van der Waals surface area contributed by atoms with Gasteiger partial charge in [-0.2, -0.15) is 0 Å². The first-order valence-corrected chi connectivity index (χ1v) is 4.17.